The van der Waals surface area contributed by atoms with Crippen molar-refractivity contribution in [3.05, 3.63) is 0 Å². The number of unbranched alkanes of at least 4 members (excludes halogenated alkanes) is 3. The Balaban J connectivity index is 1.70. The summed E-state index contributed by atoms with van der Waals surface area (Å²) in [5.74, 6) is 1.11. The first-order valence-electron chi connectivity index (χ1n) is 7.32. The van der Waals surface area contributed by atoms with Crippen molar-refractivity contribution in [3.8, 4) is 0 Å². The smallest absolute Gasteiger partial charge is 0.222 e. The van der Waals surface area contributed by atoms with Crippen LogP contribution in [0.5, 0.6) is 0 Å². The van der Waals surface area contributed by atoms with E-state index in [0.717, 1.165) is 38.4 Å². The number of piperidine rings is 1. The van der Waals surface area contributed by atoms with Crippen LogP contribution in [0, 0.1) is 5.92 Å². The summed E-state index contributed by atoms with van der Waals surface area (Å²) in [5, 5.41) is 3.55. The van der Waals surface area contributed by atoms with Crippen LogP contribution in [-0.2, 0) is 4.79 Å². The lowest BCUT2D eigenvalue weighted by molar-refractivity contribution is -0.130. The van der Waals surface area contributed by atoms with Gasteiger partial charge >= 0.3 is 0 Å². The van der Waals surface area contributed by atoms with Crippen LogP contribution in [-0.4, -0.2) is 36.5 Å². The molecule has 98 valence electrons. The zero-order valence-electron chi connectivity index (χ0n) is 11.1. The molecule has 2 atom stereocenters. The van der Waals surface area contributed by atoms with E-state index in [2.05, 4.69) is 17.1 Å². The number of fused-ring (bicyclic) bond motifs is 1. The van der Waals surface area contributed by atoms with Crippen LogP contribution >= 0.6 is 0 Å². The first-order chi connectivity index (χ1) is 8.31. The quantitative estimate of drug-likeness (QED) is 0.745. The Morgan fingerprint density at radius 3 is 2.94 bits per heavy atom. The highest BCUT2D eigenvalue weighted by molar-refractivity contribution is 5.76. The van der Waals surface area contributed by atoms with E-state index in [4.69, 9.17) is 0 Å². The minimum absolute atomic E-state index is 0.386. The first kappa shape index (κ1) is 12.9. The third-order valence-corrected chi connectivity index (χ3v) is 4.20. The standard InChI is InChI=1S/C14H26N2O/c1-2-3-4-5-8-14(17)16-10-12-7-6-9-15-13(12)11-16/h12-13,15H,2-11H2,1H3. The minimum atomic E-state index is 0.386. The molecule has 0 bridgehead atoms. The maximum absolute atomic E-state index is 12.0. The number of likely N-dealkylation sites (tertiary alicyclic amines) is 1. The van der Waals surface area contributed by atoms with Gasteiger partial charge in [0.25, 0.3) is 0 Å². The van der Waals surface area contributed by atoms with Crippen LogP contribution < -0.4 is 5.32 Å². The van der Waals surface area contributed by atoms with E-state index >= 15 is 0 Å². The maximum atomic E-state index is 12.0. The number of hydrogen-bond donors (Lipinski definition) is 1. The zero-order chi connectivity index (χ0) is 12.1. The summed E-state index contributed by atoms with van der Waals surface area (Å²) in [6.45, 7) is 5.31. The fraction of sp³-hybridized carbons (Fsp3) is 0.929. The van der Waals surface area contributed by atoms with Crippen molar-refractivity contribution in [2.75, 3.05) is 19.6 Å². The molecule has 2 unspecified atom stereocenters. The summed E-state index contributed by atoms with van der Waals surface area (Å²) in [6, 6.07) is 0.586. The van der Waals surface area contributed by atoms with Crippen molar-refractivity contribution in [1.82, 2.24) is 10.2 Å². The molecule has 2 rings (SSSR count). The third kappa shape index (κ3) is 3.44. The van der Waals surface area contributed by atoms with E-state index in [1.807, 2.05) is 0 Å². The summed E-state index contributed by atoms with van der Waals surface area (Å²) in [7, 11) is 0. The van der Waals surface area contributed by atoms with E-state index in [0.29, 0.717) is 11.9 Å². The summed E-state index contributed by atoms with van der Waals surface area (Å²) >= 11 is 0. The number of rotatable bonds is 5. The van der Waals surface area contributed by atoms with Gasteiger partial charge < -0.3 is 10.2 Å². The second-order valence-electron chi connectivity index (χ2n) is 5.57. The SMILES string of the molecule is CCCCCCC(=O)N1CC2CCCNC2C1. The third-order valence-electron chi connectivity index (χ3n) is 4.20. The molecule has 2 aliphatic rings. The molecular weight excluding hydrogens is 212 g/mol. The molecule has 0 saturated carbocycles. The predicted octanol–water partition coefficient (Wildman–Crippen LogP) is 2.17. The fourth-order valence-corrected chi connectivity index (χ4v) is 3.11. The molecule has 0 spiro atoms. The molecule has 1 amide bonds. The second-order valence-corrected chi connectivity index (χ2v) is 5.57. The predicted molar refractivity (Wildman–Crippen MR) is 69.9 cm³/mol. The Morgan fingerprint density at radius 1 is 1.29 bits per heavy atom. The molecule has 0 radical (unpaired) electrons. The van der Waals surface area contributed by atoms with Crippen LogP contribution in [0.1, 0.15) is 51.9 Å². The molecule has 0 aromatic carbocycles. The van der Waals surface area contributed by atoms with Gasteiger partial charge in [0, 0.05) is 25.6 Å². The summed E-state index contributed by atoms with van der Waals surface area (Å²) in [4.78, 5) is 14.1. The molecule has 0 aromatic heterocycles. The molecule has 2 fully saturated rings. The van der Waals surface area contributed by atoms with Gasteiger partial charge in [-0.1, -0.05) is 26.2 Å². The van der Waals surface area contributed by atoms with Gasteiger partial charge in [-0.05, 0) is 31.7 Å². The molecular formula is C14H26N2O. The summed E-state index contributed by atoms with van der Waals surface area (Å²) in [6.07, 6.45) is 8.13. The molecule has 2 aliphatic heterocycles. The Hall–Kier alpha value is -0.570. The van der Waals surface area contributed by atoms with Gasteiger partial charge in [0.15, 0.2) is 0 Å². The Bertz CT molecular complexity index is 241. The molecule has 3 nitrogen and oxygen atoms in total. The van der Waals surface area contributed by atoms with Crippen LogP contribution in [0.25, 0.3) is 0 Å². The van der Waals surface area contributed by atoms with E-state index in [1.165, 1.54) is 32.1 Å². The van der Waals surface area contributed by atoms with E-state index in [9.17, 15) is 4.79 Å². The van der Waals surface area contributed by atoms with Crippen LogP contribution in [0.15, 0.2) is 0 Å². The molecule has 0 aromatic rings. The Morgan fingerprint density at radius 2 is 2.18 bits per heavy atom. The normalized spacial score (nSPS) is 28.2. The van der Waals surface area contributed by atoms with E-state index < -0.39 is 0 Å². The van der Waals surface area contributed by atoms with Crippen LogP contribution in [0.3, 0.4) is 0 Å². The highest BCUT2D eigenvalue weighted by Gasteiger charge is 2.35. The van der Waals surface area contributed by atoms with Crippen LogP contribution in [0.4, 0.5) is 0 Å². The summed E-state index contributed by atoms with van der Waals surface area (Å²) in [5.41, 5.74) is 0. The summed E-state index contributed by atoms with van der Waals surface area (Å²) < 4.78 is 0. The van der Waals surface area contributed by atoms with Crippen molar-refractivity contribution in [3.63, 3.8) is 0 Å². The van der Waals surface area contributed by atoms with E-state index in [1.54, 1.807) is 0 Å². The molecule has 2 saturated heterocycles. The highest BCUT2D eigenvalue weighted by atomic mass is 16.2. The lowest BCUT2D eigenvalue weighted by Gasteiger charge is -2.24. The topological polar surface area (TPSA) is 32.3 Å². The van der Waals surface area contributed by atoms with Gasteiger partial charge in [-0.15, -0.1) is 0 Å². The molecule has 2 heterocycles. The van der Waals surface area contributed by atoms with Crippen molar-refractivity contribution in [2.24, 2.45) is 5.92 Å². The van der Waals surface area contributed by atoms with Crippen molar-refractivity contribution < 1.29 is 4.79 Å². The molecule has 3 heteroatoms. The minimum Gasteiger partial charge on any atom is -0.341 e. The number of nitrogens with zero attached hydrogens (tertiary/aromatic N) is 1. The Kier molecular flexibility index (Phi) is 4.84. The van der Waals surface area contributed by atoms with Gasteiger partial charge in [-0.2, -0.15) is 0 Å². The molecule has 1 N–H and O–H groups in total. The first-order valence-corrected chi connectivity index (χ1v) is 7.32. The van der Waals surface area contributed by atoms with E-state index in [-0.39, 0.29) is 0 Å². The molecule has 17 heavy (non-hydrogen) atoms. The van der Waals surface area contributed by atoms with Gasteiger partial charge in [-0.3, -0.25) is 4.79 Å². The lowest BCUT2D eigenvalue weighted by Crippen LogP contribution is -2.41. The fourth-order valence-electron chi connectivity index (χ4n) is 3.11. The number of amides is 1. The largest absolute Gasteiger partial charge is 0.341 e. The lowest BCUT2D eigenvalue weighted by atomic mass is 9.94. The zero-order valence-corrected chi connectivity index (χ0v) is 11.1. The van der Waals surface area contributed by atoms with Crippen molar-refractivity contribution >= 4 is 5.91 Å². The van der Waals surface area contributed by atoms with Gasteiger partial charge in [0.2, 0.25) is 5.91 Å². The van der Waals surface area contributed by atoms with Crippen LogP contribution in [0.2, 0.25) is 0 Å². The number of nitrogens with one attached hydrogen (secondary N) is 1. The number of carbonyl (C=O) groups is 1. The second kappa shape index (κ2) is 6.39. The van der Waals surface area contributed by atoms with Gasteiger partial charge in [0.05, 0.1) is 0 Å². The van der Waals surface area contributed by atoms with Crippen molar-refractivity contribution in [2.45, 2.75) is 57.9 Å². The van der Waals surface area contributed by atoms with Gasteiger partial charge in [0.1, 0.15) is 0 Å². The van der Waals surface area contributed by atoms with Gasteiger partial charge in [-0.25, -0.2) is 0 Å². The number of carbonyl (C=O) groups excluding carboxylic acids is 1. The average molecular weight is 238 g/mol. The maximum Gasteiger partial charge on any atom is 0.222 e. The highest BCUT2D eigenvalue weighted by Crippen LogP contribution is 2.25. The van der Waals surface area contributed by atoms with Crippen molar-refractivity contribution in [1.29, 1.82) is 0 Å². The number of hydrogen-bond acceptors (Lipinski definition) is 2. The average Bonchev–Trinajstić information content (AvgIpc) is 2.78. The monoisotopic (exact) mass is 238 g/mol. The molecule has 0 aliphatic carbocycles. The Labute approximate surface area is 105 Å².